The van der Waals surface area contributed by atoms with Crippen LogP contribution in [0.5, 0.6) is 5.75 Å². The van der Waals surface area contributed by atoms with Gasteiger partial charge in [-0.15, -0.1) is 0 Å². The number of alkyl halides is 3. The van der Waals surface area contributed by atoms with Gasteiger partial charge in [-0.25, -0.2) is 0 Å². The monoisotopic (exact) mass is 289 g/mol. The average Bonchev–Trinajstić information content (AvgIpc) is 2.36. The van der Waals surface area contributed by atoms with E-state index in [1.165, 1.54) is 6.92 Å². The highest BCUT2D eigenvalue weighted by Crippen LogP contribution is 2.37. The summed E-state index contributed by atoms with van der Waals surface area (Å²) < 4.78 is 43.8. The Morgan fingerprint density at radius 3 is 2.40 bits per heavy atom. The van der Waals surface area contributed by atoms with Crippen molar-refractivity contribution >= 4 is 11.7 Å². The maximum Gasteiger partial charge on any atom is 0.419 e. The standard InChI is InChI=1S/C13H14F3NO3/c1-3-10(18)7(2)20-11-5-4-8(12(17)19)6-9(11)13(14,15)16/h4-7H,3H2,1-2H3,(H2,17,19). The van der Waals surface area contributed by atoms with Gasteiger partial charge in [0.25, 0.3) is 0 Å². The van der Waals surface area contributed by atoms with E-state index in [0.717, 1.165) is 12.1 Å². The molecule has 1 atom stereocenters. The number of rotatable bonds is 5. The van der Waals surface area contributed by atoms with E-state index in [4.69, 9.17) is 10.5 Å². The first kappa shape index (κ1) is 16.0. The summed E-state index contributed by atoms with van der Waals surface area (Å²) in [6, 6.07) is 2.72. The Balaban J connectivity index is 3.19. The first-order chi connectivity index (χ1) is 9.16. The van der Waals surface area contributed by atoms with Crippen LogP contribution in [0.1, 0.15) is 36.2 Å². The summed E-state index contributed by atoms with van der Waals surface area (Å²) in [5, 5.41) is 0. The summed E-state index contributed by atoms with van der Waals surface area (Å²) in [5.74, 6) is -1.80. The Kier molecular flexibility index (Phi) is 4.75. The lowest BCUT2D eigenvalue weighted by Crippen LogP contribution is -2.24. The first-order valence-electron chi connectivity index (χ1n) is 5.87. The number of halogens is 3. The smallest absolute Gasteiger partial charge is 0.419 e. The van der Waals surface area contributed by atoms with Gasteiger partial charge in [0, 0.05) is 12.0 Å². The minimum Gasteiger partial charge on any atom is -0.482 e. The number of ether oxygens (including phenoxy) is 1. The molecule has 1 amide bonds. The number of amides is 1. The van der Waals surface area contributed by atoms with Gasteiger partial charge < -0.3 is 10.5 Å². The van der Waals surface area contributed by atoms with E-state index < -0.39 is 29.5 Å². The van der Waals surface area contributed by atoms with E-state index in [2.05, 4.69) is 0 Å². The van der Waals surface area contributed by atoms with Crippen LogP contribution in [-0.4, -0.2) is 17.8 Å². The number of carbonyl (C=O) groups excluding carboxylic acids is 2. The SMILES string of the molecule is CCC(=O)C(C)Oc1ccc(C(N)=O)cc1C(F)(F)F. The van der Waals surface area contributed by atoms with Gasteiger partial charge >= 0.3 is 6.18 Å². The van der Waals surface area contributed by atoms with Crippen molar-refractivity contribution < 1.29 is 27.5 Å². The number of ketones is 1. The number of nitrogens with two attached hydrogens (primary N) is 1. The lowest BCUT2D eigenvalue weighted by Gasteiger charge is -2.18. The number of Topliss-reactive ketones (excluding diaryl/α,β-unsaturated/α-hetero) is 1. The third-order valence-electron chi connectivity index (χ3n) is 2.68. The summed E-state index contributed by atoms with van der Waals surface area (Å²) in [5.41, 5.74) is 3.53. The molecule has 0 heterocycles. The van der Waals surface area contributed by atoms with Crippen molar-refractivity contribution in [2.75, 3.05) is 0 Å². The predicted molar refractivity (Wildman–Crippen MR) is 65.3 cm³/mol. The minimum atomic E-state index is -4.71. The van der Waals surface area contributed by atoms with Crippen molar-refractivity contribution in [3.05, 3.63) is 29.3 Å². The highest BCUT2D eigenvalue weighted by atomic mass is 19.4. The molecule has 1 unspecified atom stereocenters. The van der Waals surface area contributed by atoms with E-state index in [0.29, 0.717) is 6.07 Å². The molecule has 0 aliphatic carbocycles. The van der Waals surface area contributed by atoms with Gasteiger partial charge in [-0.1, -0.05) is 6.92 Å². The zero-order chi connectivity index (χ0) is 15.5. The highest BCUT2D eigenvalue weighted by molar-refractivity contribution is 5.93. The molecule has 0 aliphatic heterocycles. The van der Waals surface area contributed by atoms with Crippen LogP contribution in [0.25, 0.3) is 0 Å². The molecular weight excluding hydrogens is 275 g/mol. The Morgan fingerprint density at radius 1 is 1.35 bits per heavy atom. The van der Waals surface area contributed by atoms with Crippen LogP contribution in [-0.2, 0) is 11.0 Å². The van der Waals surface area contributed by atoms with E-state index in [-0.39, 0.29) is 17.8 Å². The van der Waals surface area contributed by atoms with Crippen molar-refractivity contribution in [3.8, 4) is 5.75 Å². The molecule has 1 rings (SSSR count). The van der Waals surface area contributed by atoms with Gasteiger partial charge in [-0.05, 0) is 25.1 Å². The molecule has 7 heteroatoms. The molecule has 0 bridgehead atoms. The van der Waals surface area contributed by atoms with Crippen LogP contribution in [0.3, 0.4) is 0 Å². The fraction of sp³-hybridized carbons (Fsp3) is 0.385. The zero-order valence-corrected chi connectivity index (χ0v) is 11.0. The molecule has 0 spiro atoms. The molecule has 0 aliphatic rings. The first-order valence-corrected chi connectivity index (χ1v) is 5.87. The van der Waals surface area contributed by atoms with Crippen molar-refractivity contribution in [1.29, 1.82) is 0 Å². The highest BCUT2D eigenvalue weighted by Gasteiger charge is 2.35. The molecule has 2 N–H and O–H groups in total. The number of primary amides is 1. The molecular formula is C13H14F3NO3. The maximum atomic E-state index is 12.9. The number of carbonyl (C=O) groups is 2. The second-order valence-corrected chi connectivity index (χ2v) is 4.15. The number of hydrogen-bond acceptors (Lipinski definition) is 3. The summed E-state index contributed by atoms with van der Waals surface area (Å²) in [4.78, 5) is 22.3. The number of benzene rings is 1. The van der Waals surface area contributed by atoms with E-state index in [9.17, 15) is 22.8 Å². The van der Waals surface area contributed by atoms with Crippen LogP contribution in [0, 0.1) is 0 Å². The third kappa shape index (κ3) is 3.72. The van der Waals surface area contributed by atoms with Crippen LogP contribution in [0.4, 0.5) is 13.2 Å². The summed E-state index contributed by atoms with van der Waals surface area (Å²) >= 11 is 0. The van der Waals surface area contributed by atoms with Crippen molar-refractivity contribution in [2.24, 2.45) is 5.73 Å². The molecule has 0 saturated heterocycles. The zero-order valence-electron chi connectivity index (χ0n) is 11.0. The molecule has 20 heavy (non-hydrogen) atoms. The van der Waals surface area contributed by atoms with Crippen LogP contribution < -0.4 is 10.5 Å². The lowest BCUT2D eigenvalue weighted by atomic mass is 10.1. The van der Waals surface area contributed by atoms with Gasteiger partial charge in [-0.2, -0.15) is 13.2 Å². The average molecular weight is 289 g/mol. The molecule has 0 fully saturated rings. The normalized spacial score (nSPS) is 12.8. The predicted octanol–water partition coefficient (Wildman–Crippen LogP) is 2.55. The topological polar surface area (TPSA) is 69.4 Å². The molecule has 1 aromatic rings. The third-order valence-corrected chi connectivity index (χ3v) is 2.68. The Bertz CT molecular complexity index is 526. The lowest BCUT2D eigenvalue weighted by molar-refractivity contribution is -0.140. The van der Waals surface area contributed by atoms with Crippen molar-refractivity contribution in [2.45, 2.75) is 32.5 Å². The van der Waals surface area contributed by atoms with Crippen LogP contribution >= 0.6 is 0 Å². The molecule has 0 radical (unpaired) electrons. The molecule has 1 aromatic carbocycles. The van der Waals surface area contributed by atoms with Gasteiger partial charge in [0.15, 0.2) is 11.9 Å². The van der Waals surface area contributed by atoms with E-state index >= 15 is 0 Å². The van der Waals surface area contributed by atoms with Crippen molar-refractivity contribution in [1.82, 2.24) is 0 Å². The molecule has 4 nitrogen and oxygen atoms in total. The summed E-state index contributed by atoms with van der Waals surface area (Å²) in [6.45, 7) is 2.96. The number of hydrogen-bond donors (Lipinski definition) is 1. The fourth-order valence-corrected chi connectivity index (χ4v) is 1.55. The Labute approximate surface area is 113 Å². The summed E-state index contributed by atoms with van der Waals surface area (Å²) in [6.07, 6.45) is -5.56. The molecule has 0 aromatic heterocycles. The van der Waals surface area contributed by atoms with Crippen LogP contribution in [0.2, 0.25) is 0 Å². The van der Waals surface area contributed by atoms with Gasteiger partial charge in [0.05, 0.1) is 5.56 Å². The van der Waals surface area contributed by atoms with Gasteiger partial charge in [0.2, 0.25) is 5.91 Å². The summed E-state index contributed by atoms with van der Waals surface area (Å²) in [7, 11) is 0. The Morgan fingerprint density at radius 2 is 1.95 bits per heavy atom. The van der Waals surface area contributed by atoms with E-state index in [1.54, 1.807) is 6.92 Å². The largest absolute Gasteiger partial charge is 0.482 e. The molecule has 110 valence electrons. The van der Waals surface area contributed by atoms with Crippen LogP contribution in [0.15, 0.2) is 18.2 Å². The second-order valence-electron chi connectivity index (χ2n) is 4.15. The van der Waals surface area contributed by atoms with E-state index in [1.807, 2.05) is 0 Å². The minimum absolute atomic E-state index is 0.155. The quantitative estimate of drug-likeness (QED) is 0.905. The fourth-order valence-electron chi connectivity index (χ4n) is 1.55. The second kappa shape index (κ2) is 5.94. The Hall–Kier alpha value is -2.05. The van der Waals surface area contributed by atoms with Crippen molar-refractivity contribution in [3.63, 3.8) is 0 Å². The maximum absolute atomic E-state index is 12.9. The van der Waals surface area contributed by atoms with Gasteiger partial charge in [-0.3, -0.25) is 9.59 Å². The van der Waals surface area contributed by atoms with Gasteiger partial charge in [0.1, 0.15) is 5.75 Å². The molecule has 0 saturated carbocycles.